The van der Waals surface area contributed by atoms with Gasteiger partial charge in [-0.05, 0) is 44.4 Å². The maximum absolute atomic E-state index is 12.7. The molecule has 1 aliphatic carbocycles. The van der Waals surface area contributed by atoms with Crippen LogP contribution in [0, 0.1) is 23.7 Å². The molecule has 0 radical (unpaired) electrons. The molecular formula is C27H38N2O11. The fourth-order valence-corrected chi connectivity index (χ4v) is 6.76. The van der Waals surface area contributed by atoms with Crippen LogP contribution in [0.2, 0.25) is 0 Å². The van der Waals surface area contributed by atoms with E-state index in [0.29, 0.717) is 17.4 Å². The average molecular weight is 567 g/mol. The standard InChI is InChI=1S/C27H38N2O11/c1-15-6-7-18-16(2)24(36-25-27(18)17(15)12-13-26(3,37-25)39-40-27)35-22(33)11-8-19(30)28-14-4-5-23(34)38-29-20(31)9-10-21(29)32/h15-18,24-25H,4-14H2,1-3H3,(H,28,30)/t15-,16+,17+,18+,24+,25+,26-,27-/m1/s1. The summed E-state index contributed by atoms with van der Waals surface area (Å²) in [5.41, 5.74) is -0.748. The summed E-state index contributed by atoms with van der Waals surface area (Å²) in [5, 5.41) is 3.12. The molecule has 13 heteroatoms. The van der Waals surface area contributed by atoms with E-state index >= 15 is 0 Å². The Kier molecular flexibility index (Phi) is 8.20. The van der Waals surface area contributed by atoms with Gasteiger partial charge in [-0.25, -0.2) is 14.6 Å². The van der Waals surface area contributed by atoms with Crippen molar-refractivity contribution in [1.82, 2.24) is 10.4 Å². The van der Waals surface area contributed by atoms with E-state index < -0.39 is 47.7 Å². The molecule has 0 aromatic carbocycles. The Morgan fingerprint density at radius 2 is 1.73 bits per heavy atom. The molecule has 6 rings (SSSR count). The maximum Gasteiger partial charge on any atom is 0.333 e. The molecule has 1 saturated carbocycles. The fourth-order valence-electron chi connectivity index (χ4n) is 6.76. The van der Waals surface area contributed by atoms with Crippen molar-refractivity contribution in [3.05, 3.63) is 0 Å². The van der Waals surface area contributed by atoms with Gasteiger partial charge >= 0.3 is 11.9 Å². The fraction of sp³-hybridized carbons (Fsp3) is 0.815. The zero-order chi connectivity index (χ0) is 28.7. The highest BCUT2D eigenvalue weighted by atomic mass is 17.3. The predicted molar refractivity (Wildman–Crippen MR) is 132 cm³/mol. The molecule has 8 atom stereocenters. The van der Waals surface area contributed by atoms with Crippen LogP contribution in [0.4, 0.5) is 0 Å². The lowest BCUT2D eigenvalue weighted by atomic mass is 9.58. The molecule has 6 fully saturated rings. The van der Waals surface area contributed by atoms with Gasteiger partial charge in [0.15, 0.2) is 11.9 Å². The van der Waals surface area contributed by atoms with Crippen molar-refractivity contribution in [2.45, 2.75) is 109 Å². The number of fused-ring (bicyclic) bond motifs is 2. The van der Waals surface area contributed by atoms with Gasteiger partial charge in [-0.15, -0.1) is 5.06 Å². The number of nitrogens with zero attached hydrogens (tertiary/aromatic N) is 1. The molecule has 40 heavy (non-hydrogen) atoms. The van der Waals surface area contributed by atoms with Crippen LogP contribution < -0.4 is 5.32 Å². The van der Waals surface area contributed by atoms with Gasteiger partial charge in [0.25, 0.3) is 11.8 Å². The molecule has 6 aliphatic rings. The van der Waals surface area contributed by atoms with Gasteiger partial charge in [-0.2, -0.15) is 0 Å². The van der Waals surface area contributed by atoms with Crippen LogP contribution in [0.15, 0.2) is 0 Å². The van der Waals surface area contributed by atoms with Crippen LogP contribution in [0.5, 0.6) is 0 Å². The molecule has 0 unspecified atom stereocenters. The monoisotopic (exact) mass is 566 g/mol. The molecule has 3 amide bonds. The van der Waals surface area contributed by atoms with Gasteiger partial charge in [-0.1, -0.05) is 13.8 Å². The summed E-state index contributed by atoms with van der Waals surface area (Å²) >= 11 is 0. The van der Waals surface area contributed by atoms with Gasteiger partial charge in [-0.3, -0.25) is 19.2 Å². The summed E-state index contributed by atoms with van der Waals surface area (Å²) in [4.78, 5) is 76.4. The Labute approximate surface area is 232 Å². The summed E-state index contributed by atoms with van der Waals surface area (Å²) in [7, 11) is 0. The molecule has 5 aliphatic heterocycles. The van der Waals surface area contributed by atoms with Crippen LogP contribution in [0.1, 0.15) is 85.0 Å². The second-order valence-corrected chi connectivity index (χ2v) is 11.8. The van der Waals surface area contributed by atoms with Crippen molar-refractivity contribution >= 4 is 29.7 Å². The van der Waals surface area contributed by atoms with Crippen LogP contribution in [0.3, 0.4) is 0 Å². The zero-order valence-electron chi connectivity index (χ0n) is 23.2. The highest BCUT2D eigenvalue weighted by molar-refractivity contribution is 6.01. The van der Waals surface area contributed by atoms with Crippen LogP contribution in [-0.4, -0.2) is 65.2 Å². The Morgan fingerprint density at radius 1 is 0.975 bits per heavy atom. The van der Waals surface area contributed by atoms with Gasteiger partial charge in [0.2, 0.25) is 18.0 Å². The van der Waals surface area contributed by atoms with E-state index in [0.717, 1.165) is 19.3 Å². The lowest BCUT2D eigenvalue weighted by Crippen LogP contribution is -2.70. The number of hydrogen-bond donors (Lipinski definition) is 1. The molecular weight excluding hydrogens is 528 g/mol. The van der Waals surface area contributed by atoms with Crippen LogP contribution >= 0.6 is 0 Å². The first kappa shape index (κ1) is 28.9. The molecule has 1 N–H and O–H groups in total. The largest absolute Gasteiger partial charge is 0.435 e. The van der Waals surface area contributed by atoms with Crippen LogP contribution in [-0.2, 0) is 52.8 Å². The second kappa shape index (κ2) is 11.3. The SMILES string of the molecule is C[C@@H]1[C@@H](OC(=O)CCC(=O)NCCCC(=O)ON2C(=O)CCC2=O)O[C@H]2O[C@@]3(C)CC[C@H]4[C@H](C)CC[C@@H]1[C@@]24OO3. The quantitative estimate of drug-likeness (QED) is 0.188. The van der Waals surface area contributed by atoms with Gasteiger partial charge in [0, 0.05) is 50.5 Å². The smallest absolute Gasteiger partial charge is 0.333 e. The lowest BCUT2D eigenvalue weighted by Gasteiger charge is -2.59. The first-order valence-electron chi connectivity index (χ1n) is 14.3. The van der Waals surface area contributed by atoms with Crippen molar-refractivity contribution < 1.29 is 52.8 Å². The number of esters is 1. The number of hydroxylamine groups is 2. The molecule has 2 bridgehead atoms. The molecule has 0 aromatic heterocycles. The number of carbonyl (C=O) groups is 5. The highest BCUT2D eigenvalue weighted by Crippen LogP contribution is 2.60. The van der Waals surface area contributed by atoms with Crippen molar-refractivity contribution in [3.8, 4) is 0 Å². The Balaban J connectivity index is 1.06. The molecule has 13 nitrogen and oxygen atoms in total. The number of hydrogen-bond acceptors (Lipinski definition) is 11. The number of nitrogens with one attached hydrogen (secondary N) is 1. The summed E-state index contributed by atoms with van der Waals surface area (Å²) < 4.78 is 18.2. The third-order valence-electron chi connectivity index (χ3n) is 8.98. The number of ether oxygens (including phenoxy) is 3. The van der Waals surface area contributed by atoms with E-state index in [-0.39, 0.29) is 68.7 Å². The second-order valence-electron chi connectivity index (χ2n) is 11.8. The van der Waals surface area contributed by atoms with Gasteiger partial charge < -0.3 is 24.4 Å². The predicted octanol–water partition coefficient (Wildman–Crippen LogP) is 2.02. The summed E-state index contributed by atoms with van der Waals surface area (Å²) in [6.45, 7) is 6.20. The normalized spacial score (nSPS) is 38.4. The van der Waals surface area contributed by atoms with Crippen LogP contribution in [0.25, 0.3) is 0 Å². The maximum atomic E-state index is 12.7. The van der Waals surface area contributed by atoms with Crippen molar-refractivity contribution in [3.63, 3.8) is 0 Å². The molecule has 5 heterocycles. The van der Waals surface area contributed by atoms with Crippen molar-refractivity contribution in [2.75, 3.05) is 6.54 Å². The first-order chi connectivity index (χ1) is 19.0. The molecule has 5 saturated heterocycles. The number of carbonyl (C=O) groups excluding carboxylic acids is 5. The van der Waals surface area contributed by atoms with Gasteiger partial charge in [0.05, 0.1) is 6.42 Å². The minimum absolute atomic E-state index is 0.0181. The van der Waals surface area contributed by atoms with E-state index in [2.05, 4.69) is 12.2 Å². The third-order valence-corrected chi connectivity index (χ3v) is 8.98. The van der Waals surface area contributed by atoms with Crippen molar-refractivity contribution in [1.29, 1.82) is 0 Å². The molecule has 0 aromatic rings. The first-order valence-corrected chi connectivity index (χ1v) is 14.3. The van der Waals surface area contributed by atoms with E-state index in [4.69, 9.17) is 28.8 Å². The van der Waals surface area contributed by atoms with E-state index in [9.17, 15) is 24.0 Å². The summed E-state index contributed by atoms with van der Waals surface area (Å²) in [5.74, 6) is -3.21. The van der Waals surface area contributed by atoms with E-state index in [1.807, 2.05) is 13.8 Å². The number of rotatable bonds is 9. The topological polar surface area (TPSA) is 156 Å². The average Bonchev–Trinajstić information content (AvgIpc) is 3.07. The minimum Gasteiger partial charge on any atom is -0.435 e. The lowest BCUT2D eigenvalue weighted by molar-refractivity contribution is -0.576. The minimum atomic E-state index is -0.926. The Bertz CT molecular complexity index is 1040. The van der Waals surface area contributed by atoms with E-state index in [1.165, 1.54) is 0 Å². The Morgan fingerprint density at radius 3 is 2.48 bits per heavy atom. The summed E-state index contributed by atoms with van der Waals surface area (Å²) in [6.07, 6.45) is 1.89. The van der Waals surface area contributed by atoms with E-state index in [1.54, 1.807) is 0 Å². The third kappa shape index (κ3) is 5.48. The molecule has 222 valence electrons. The Hall–Kier alpha value is -2.61. The molecule has 1 spiro atoms. The van der Waals surface area contributed by atoms with Gasteiger partial charge in [0.1, 0.15) is 0 Å². The zero-order valence-corrected chi connectivity index (χ0v) is 23.2. The van der Waals surface area contributed by atoms with Crippen molar-refractivity contribution in [2.24, 2.45) is 23.7 Å². The highest BCUT2D eigenvalue weighted by Gasteiger charge is 2.69. The summed E-state index contributed by atoms with van der Waals surface area (Å²) in [6, 6.07) is 0. The number of amides is 3. The number of imide groups is 1.